The molecule has 1 fully saturated rings. The molecule has 39 heavy (non-hydrogen) atoms. The SMILES string of the molecule is O=C(COc1cccc([C@H]2c3sc(=O)[nH]c3SC3C(=O)N(c4ccc(Cl)cc4)C(=O)C32)c1)Nc1ccccc1. The number of thiazole rings is 1. The van der Waals surface area contributed by atoms with Crippen molar-refractivity contribution in [1.29, 1.82) is 0 Å². The fraction of sp³-hybridized carbons (Fsp3) is 0.143. The lowest BCUT2D eigenvalue weighted by atomic mass is 9.83. The first-order chi connectivity index (χ1) is 18.9. The van der Waals surface area contributed by atoms with Crippen molar-refractivity contribution in [3.8, 4) is 5.75 Å². The fourth-order valence-corrected chi connectivity index (χ4v) is 7.53. The number of aromatic nitrogens is 1. The van der Waals surface area contributed by atoms with Crippen LogP contribution in [0.5, 0.6) is 5.75 Å². The van der Waals surface area contributed by atoms with Crippen LogP contribution < -0.4 is 19.8 Å². The minimum Gasteiger partial charge on any atom is -0.484 e. The summed E-state index contributed by atoms with van der Waals surface area (Å²) in [5.41, 5.74) is 1.82. The second kappa shape index (κ2) is 10.4. The van der Waals surface area contributed by atoms with Gasteiger partial charge in [0.25, 0.3) is 5.91 Å². The summed E-state index contributed by atoms with van der Waals surface area (Å²) in [6, 6.07) is 22.7. The van der Waals surface area contributed by atoms with E-state index >= 15 is 0 Å². The molecular formula is C28H20ClN3O5S2. The molecule has 3 aromatic carbocycles. The minimum atomic E-state index is -0.728. The third kappa shape index (κ3) is 4.87. The van der Waals surface area contributed by atoms with Crippen LogP contribution in [-0.4, -0.2) is 34.6 Å². The molecule has 2 N–H and O–H groups in total. The number of carbonyl (C=O) groups is 3. The second-order valence-electron chi connectivity index (χ2n) is 9.01. The summed E-state index contributed by atoms with van der Waals surface area (Å²) in [6.07, 6.45) is 0. The standard InChI is InChI=1S/C28H20ClN3O5S2/c29-16-9-11-18(12-10-16)32-26(34)22-21(23-25(31-28(36)39-23)38-24(22)27(32)35)15-5-4-8-19(13-15)37-14-20(33)30-17-6-2-1-3-7-17/h1-13,21-22,24H,14H2,(H,30,33)(H,31,36)/t21-,22?,24?/m1/s1. The number of benzene rings is 3. The molecule has 4 aromatic rings. The average Bonchev–Trinajstić information content (AvgIpc) is 3.43. The van der Waals surface area contributed by atoms with Gasteiger partial charge >= 0.3 is 4.87 Å². The fourth-order valence-electron chi connectivity index (χ4n) is 4.89. The van der Waals surface area contributed by atoms with Gasteiger partial charge in [-0.05, 0) is 54.1 Å². The molecule has 11 heteroatoms. The van der Waals surface area contributed by atoms with E-state index in [9.17, 15) is 19.2 Å². The summed E-state index contributed by atoms with van der Waals surface area (Å²) < 4.78 is 5.77. The second-order valence-corrected chi connectivity index (χ2v) is 11.6. The van der Waals surface area contributed by atoms with Crippen LogP contribution in [0.3, 0.4) is 0 Å². The summed E-state index contributed by atoms with van der Waals surface area (Å²) in [5.74, 6) is -1.85. The largest absolute Gasteiger partial charge is 0.484 e. The van der Waals surface area contributed by atoms with Gasteiger partial charge in [0.1, 0.15) is 11.0 Å². The van der Waals surface area contributed by atoms with Gasteiger partial charge in [0.2, 0.25) is 11.8 Å². The number of fused-ring (bicyclic) bond motifs is 2. The zero-order valence-corrected chi connectivity index (χ0v) is 22.5. The van der Waals surface area contributed by atoms with Crippen molar-refractivity contribution < 1.29 is 19.1 Å². The molecule has 0 spiro atoms. The molecule has 196 valence electrons. The first-order valence-corrected chi connectivity index (χ1v) is 14.1. The highest BCUT2D eigenvalue weighted by Gasteiger charge is 2.56. The molecule has 3 heterocycles. The summed E-state index contributed by atoms with van der Waals surface area (Å²) in [5, 5.41) is 3.14. The number of anilines is 2. The van der Waals surface area contributed by atoms with Crippen LogP contribution in [-0.2, 0) is 14.4 Å². The van der Waals surface area contributed by atoms with E-state index in [-0.39, 0.29) is 29.2 Å². The molecular weight excluding hydrogens is 558 g/mol. The summed E-state index contributed by atoms with van der Waals surface area (Å²) >= 11 is 8.26. The van der Waals surface area contributed by atoms with Gasteiger partial charge < -0.3 is 15.0 Å². The highest BCUT2D eigenvalue weighted by Crippen LogP contribution is 2.53. The van der Waals surface area contributed by atoms with Gasteiger partial charge in [0.05, 0.1) is 16.6 Å². The van der Waals surface area contributed by atoms with Crippen LogP contribution in [0.25, 0.3) is 0 Å². The maximum Gasteiger partial charge on any atom is 0.305 e. The number of para-hydroxylation sites is 1. The topological polar surface area (TPSA) is 109 Å². The van der Waals surface area contributed by atoms with Crippen LogP contribution in [0, 0.1) is 5.92 Å². The Morgan fingerprint density at radius 2 is 1.74 bits per heavy atom. The van der Waals surface area contributed by atoms with Crippen LogP contribution >= 0.6 is 34.7 Å². The number of nitrogens with zero attached hydrogens (tertiary/aromatic N) is 1. The van der Waals surface area contributed by atoms with Crippen molar-refractivity contribution in [1.82, 2.24) is 4.98 Å². The number of H-pyrrole nitrogens is 1. The Labute approximate surface area is 236 Å². The molecule has 3 atom stereocenters. The monoisotopic (exact) mass is 577 g/mol. The smallest absolute Gasteiger partial charge is 0.305 e. The molecule has 0 radical (unpaired) electrons. The van der Waals surface area contributed by atoms with E-state index in [1.165, 1.54) is 16.7 Å². The Morgan fingerprint density at radius 3 is 2.51 bits per heavy atom. The van der Waals surface area contributed by atoms with Crippen LogP contribution in [0.15, 0.2) is 88.7 Å². The molecule has 0 bridgehead atoms. The Morgan fingerprint density at radius 1 is 0.974 bits per heavy atom. The van der Waals surface area contributed by atoms with Crippen LogP contribution in [0.4, 0.5) is 11.4 Å². The Bertz CT molecular complexity index is 1640. The summed E-state index contributed by atoms with van der Waals surface area (Å²) in [6.45, 7) is -0.213. The lowest BCUT2D eigenvalue weighted by Gasteiger charge is -2.30. The van der Waals surface area contributed by atoms with E-state index in [1.807, 2.05) is 24.3 Å². The minimum absolute atomic E-state index is 0.213. The maximum absolute atomic E-state index is 13.8. The van der Waals surface area contributed by atoms with Gasteiger partial charge in [-0.15, -0.1) is 0 Å². The summed E-state index contributed by atoms with van der Waals surface area (Å²) in [7, 11) is 0. The Balaban J connectivity index is 1.30. The van der Waals surface area contributed by atoms with Crippen molar-refractivity contribution in [3.05, 3.63) is 104 Å². The van der Waals surface area contributed by atoms with Gasteiger partial charge in [-0.2, -0.15) is 0 Å². The van der Waals surface area contributed by atoms with Crippen molar-refractivity contribution in [2.24, 2.45) is 5.92 Å². The van der Waals surface area contributed by atoms with Crippen LogP contribution in [0.2, 0.25) is 5.02 Å². The first-order valence-electron chi connectivity index (χ1n) is 12.0. The van der Waals surface area contributed by atoms with Gasteiger partial charge in [-0.25, -0.2) is 4.90 Å². The molecule has 0 saturated carbocycles. The molecule has 2 aliphatic rings. The molecule has 6 rings (SSSR count). The van der Waals surface area contributed by atoms with E-state index in [0.717, 1.165) is 11.3 Å². The van der Waals surface area contributed by atoms with Gasteiger partial charge in [0.15, 0.2) is 6.61 Å². The zero-order valence-electron chi connectivity index (χ0n) is 20.1. The Hall–Kier alpha value is -3.86. The van der Waals surface area contributed by atoms with Gasteiger partial charge in [0, 0.05) is 21.5 Å². The van der Waals surface area contributed by atoms with Crippen molar-refractivity contribution in [2.75, 3.05) is 16.8 Å². The number of hydrogen-bond acceptors (Lipinski definition) is 7. The first kappa shape index (κ1) is 25.4. The lowest BCUT2D eigenvalue weighted by molar-refractivity contribution is -0.122. The Kier molecular flexibility index (Phi) is 6.76. The highest BCUT2D eigenvalue weighted by molar-refractivity contribution is 8.00. The molecule has 8 nitrogen and oxygen atoms in total. The van der Waals surface area contributed by atoms with E-state index in [2.05, 4.69) is 10.3 Å². The highest BCUT2D eigenvalue weighted by atomic mass is 35.5. The molecule has 0 aliphatic carbocycles. The quantitative estimate of drug-likeness (QED) is 0.316. The average molecular weight is 578 g/mol. The van der Waals surface area contributed by atoms with Gasteiger partial charge in [-0.3, -0.25) is 19.2 Å². The number of halogens is 1. The number of hydrogen-bond donors (Lipinski definition) is 2. The number of ether oxygens (including phenoxy) is 1. The molecule has 2 aliphatic heterocycles. The number of imide groups is 1. The van der Waals surface area contributed by atoms with E-state index in [4.69, 9.17) is 16.3 Å². The number of nitrogens with one attached hydrogen (secondary N) is 2. The van der Waals surface area contributed by atoms with E-state index in [0.29, 0.717) is 37.6 Å². The van der Waals surface area contributed by atoms with Crippen molar-refractivity contribution in [3.63, 3.8) is 0 Å². The lowest BCUT2D eigenvalue weighted by Crippen LogP contribution is -2.32. The predicted molar refractivity (Wildman–Crippen MR) is 151 cm³/mol. The zero-order chi connectivity index (χ0) is 27.1. The third-order valence-corrected chi connectivity index (χ3v) is 9.21. The molecule has 2 unspecified atom stereocenters. The van der Waals surface area contributed by atoms with Gasteiger partial charge in [-0.1, -0.05) is 65.0 Å². The predicted octanol–water partition coefficient (Wildman–Crippen LogP) is 4.90. The third-order valence-electron chi connectivity index (χ3n) is 6.55. The number of rotatable bonds is 6. The number of aromatic amines is 1. The number of carbonyl (C=O) groups excluding carboxylic acids is 3. The number of amides is 3. The van der Waals surface area contributed by atoms with E-state index in [1.54, 1.807) is 54.6 Å². The number of thioether (sulfide) groups is 1. The van der Waals surface area contributed by atoms with Crippen LogP contribution in [0.1, 0.15) is 16.4 Å². The van der Waals surface area contributed by atoms with Crippen molar-refractivity contribution in [2.45, 2.75) is 16.2 Å². The van der Waals surface area contributed by atoms with Crippen molar-refractivity contribution >= 4 is 63.8 Å². The normalized spacial score (nSPS) is 19.9. The summed E-state index contributed by atoms with van der Waals surface area (Å²) in [4.78, 5) is 56.5. The molecule has 1 aromatic heterocycles. The molecule has 1 saturated heterocycles. The van der Waals surface area contributed by atoms with E-state index < -0.39 is 17.1 Å². The maximum atomic E-state index is 13.8. The molecule has 3 amide bonds.